The zero-order chi connectivity index (χ0) is 13.1. The molecule has 1 aromatic carbocycles. The quantitative estimate of drug-likeness (QED) is 0.807. The summed E-state index contributed by atoms with van der Waals surface area (Å²) >= 11 is 0. The second-order valence-corrected chi connectivity index (χ2v) is 5.00. The van der Waals surface area contributed by atoms with Gasteiger partial charge in [0, 0.05) is 26.2 Å². The number of aryl methyl sites for hydroxylation is 2. The van der Waals surface area contributed by atoms with Crippen LogP contribution in [0.3, 0.4) is 0 Å². The van der Waals surface area contributed by atoms with Gasteiger partial charge in [-0.25, -0.2) is 0 Å². The Morgan fingerprint density at radius 2 is 1.67 bits per heavy atom. The van der Waals surface area contributed by atoms with Gasteiger partial charge in [0.15, 0.2) is 0 Å². The number of aromatic hydroxyl groups is 1. The molecule has 0 atom stereocenters. The smallest absolute Gasteiger partial charge is 0.121 e. The third-order valence-electron chi connectivity index (χ3n) is 3.36. The van der Waals surface area contributed by atoms with Crippen LogP contribution in [0.25, 0.3) is 0 Å². The molecule has 0 bridgehead atoms. The first kappa shape index (κ1) is 12.9. The Bertz CT molecular complexity index is 425. The number of phenols is 1. The lowest BCUT2D eigenvalue weighted by Crippen LogP contribution is -2.41. The van der Waals surface area contributed by atoms with E-state index in [4.69, 9.17) is 0 Å². The van der Waals surface area contributed by atoms with Crippen molar-refractivity contribution in [1.82, 2.24) is 9.91 Å². The minimum Gasteiger partial charge on any atom is -0.507 e. The maximum atomic E-state index is 9.72. The number of rotatable bonds is 2. The minimum atomic E-state index is 0.381. The van der Waals surface area contributed by atoms with Crippen LogP contribution in [-0.2, 0) is 0 Å². The molecule has 0 unspecified atom stereocenters. The van der Waals surface area contributed by atoms with E-state index in [-0.39, 0.29) is 0 Å². The fourth-order valence-corrected chi connectivity index (χ4v) is 2.12. The van der Waals surface area contributed by atoms with Crippen molar-refractivity contribution < 1.29 is 5.11 Å². The molecular weight excluding hydrogens is 226 g/mol. The molecule has 0 spiro atoms. The molecule has 4 heteroatoms. The van der Waals surface area contributed by atoms with Gasteiger partial charge in [-0.15, -0.1) is 0 Å². The Labute approximate surface area is 109 Å². The Hall–Kier alpha value is -1.55. The average Bonchev–Trinajstić information content (AvgIpc) is 2.35. The fraction of sp³-hybridized carbons (Fsp3) is 0.500. The van der Waals surface area contributed by atoms with Crippen LogP contribution >= 0.6 is 0 Å². The second kappa shape index (κ2) is 5.40. The standard InChI is InChI=1S/C14H21N3O/c1-11-8-13(9-12(2)14(11)18)10-15-17-6-4-16(3)5-7-17/h8-10,18H,4-7H2,1-3H3/b15-10+. The molecule has 4 nitrogen and oxygen atoms in total. The first-order chi connectivity index (χ1) is 8.56. The Morgan fingerprint density at radius 1 is 1.11 bits per heavy atom. The van der Waals surface area contributed by atoms with Crippen molar-refractivity contribution in [1.29, 1.82) is 0 Å². The Kier molecular flexibility index (Phi) is 3.87. The van der Waals surface area contributed by atoms with Gasteiger partial charge in [-0.3, -0.25) is 5.01 Å². The molecule has 1 saturated heterocycles. The van der Waals surface area contributed by atoms with Crippen LogP contribution in [0.1, 0.15) is 16.7 Å². The largest absolute Gasteiger partial charge is 0.507 e. The average molecular weight is 247 g/mol. The predicted octanol–water partition coefficient (Wildman–Crippen LogP) is 1.59. The van der Waals surface area contributed by atoms with Crippen LogP contribution in [0.2, 0.25) is 0 Å². The number of hydrogen-bond acceptors (Lipinski definition) is 4. The molecular formula is C14H21N3O. The maximum absolute atomic E-state index is 9.72. The Balaban J connectivity index is 2.05. The summed E-state index contributed by atoms with van der Waals surface area (Å²) in [4.78, 5) is 2.31. The molecule has 1 aliphatic heterocycles. The highest BCUT2D eigenvalue weighted by molar-refractivity contribution is 5.80. The van der Waals surface area contributed by atoms with Crippen LogP contribution in [0.4, 0.5) is 0 Å². The van der Waals surface area contributed by atoms with Gasteiger partial charge in [-0.05, 0) is 49.7 Å². The number of phenolic OH excluding ortho intramolecular Hbond substituents is 1. The van der Waals surface area contributed by atoms with Gasteiger partial charge >= 0.3 is 0 Å². The minimum absolute atomic E-state index is 0.381. The fourth-order valence-electron chi connectivity index (χ4n) is 2.12. The molecule has 98 valence electrons. The SMILES string of the molecule is Cc1cc(/C=N/N2CCN(C)CC2)cc(C)c1O. The van der Waals surface area contributed by atoms with Gasteiger partial charge < -0.3 is 10.0 Å². The van der Waals surface area contributed by atoms with E-state index in [1.807, 2.05) is 32.2 Å². The number of nitrogens with zero attached hydrogens (tertiary/aromatic N) is 3. The second-order valence-electron chi connectivity index (χ2n) is 5.00. The van der Waals surface area contributed by atoms with Crippen molar-refractivity contribution in [2.75, 3.05) is 33.2 Å². The summed E-state index contributed by atoms with van der Waals surface area (Å²) in [6.45, 7) is 7.90. The summed E-state index contributed by atoms with van der Waals surface area (Å²) in [6, 6.07) is 3.92. The topological polar surface area (TPSA) is 39.1 Å². The van der Waals surface area contributed by atoms with Crippen LogP contribution in [-0.4, -0.2) is 54.5 Å². The normalized spacial score (nSPS) is 17.6. The lowest BCUT2D eigenvalue weighted by atomic mass is 10.1. The Morgan fingerprint density at radius 3 is 2.22 bits per heavy atom. The highest BCUT2D eigenvalue weighted by Crippen LogP contribution is 2.22. The van der Waals surface area contributed by atoms with E-state index in [2.05, 4.69) is 22.1 Å². The van der Waals surface area contributed by atoms with E-state index in [1.54, 1.807) is 0 Å². The number of piperazine rings is 1. The highest BCUT2D eigenvalue weighted by Gasteiger charge is 2.10. The molecule has 1 heterocycles. The zero-order valence-corrected chi connectivity index (χ0v) is 11.3. The highest BCUT2D eigenvalue weighted by atomic mass is 16.3. The van der Waals surface area contributed by atoms with Gasteiger partial charge in [0.2, 0.25) is 0 Å². The molecule has 1 aliphatic rings. The van der Waals surface area contributed by atoms with Crippen LogP contribution < -0.4 is 0 Å². The third kappa shape index (κ3) is 3.01. The number of likely N-dealkylation sites (N-methyl/N-ethyl adjacent to an activating group) is 1. The molecule has 1 fully saturated rings. The van der Waals surface area contributed by atoms with Gasteiger partial charge in [0.25, 0.3) is 0 Å². The molecule has 18 heavy (non-hydrogen) atoms. The first-order valence-electron chi connectivity index (χ1n) is 6.34. The van der Waals surface area contributed by atoms with Crippen LogP contribution in [0, 0.1) is 13.8 Å². The molecule has 0 aliphatic carbocycles. The molecule has 1 aromatic rings. The van der Waals surface area contributed by atoms with Crippen molar-refractivity contribution in [3.8, 4) is 5.75 Å². The third-order valence-corrected chi connectivity index (χ3v) is 3.36. The van der Waals surface area contributed by atoms with Gasteiger partial charge in [-0.2, -0.15) is 5.10 Å². The summed E-state index contributed by atoms with van der Waals surface area (Å²) < 4.78 is 0. The first-order valence-corrected chi connectivity index (χ1v) is 6.34. The van der Waals surface area contributed by atoms with Crippen molar-refractivity contribution in [2.45, 2.75) is 13.8 Å². The summed E-state index contributed by atoms with van der Waals surface area (Å²) in [5, 5.41) is 16.3. The van der Waals surface area contributed by atoms with Gasteiger partial charge in [0.05, 0.1) is 6.21 Å². The number of hydrogen-bond donors (Lipinski definition) is 1. The molecule has 0 amide bonds. The number of benzene rings is 1. The zero-order valence-electron chi connectivity index (χ0n) is 11.3. The maximum Gasteiger partial charge on any atom is 0.121 e. The van der Waals surface area contributed by atoms with E-state index in [9.17, 15) is 5.11 Å². The number of hydrazone groups is 1. The summed E-state index contributed by atoms with van der Waals surface area (Å²) in [5.41, 5.74) is 2.84. The summed E-state index contributed by atoms with van der Waals surface area (Å²) in [5.74, 6) is 0.381. The van der Waals surface area contributed by atoms with E-state index >= 15 is 0 Å². The molecule has 0 saturated carbocycles. The van der Waals surface area contributed by atoms with Crippen molar-refractivity contribution in [2.24, 2.45) is 5.10 Å². The van der Waals surface area contributed by atoms with E-state index < -0.39 is 0 Å². The van der Waals surface area contributed by atoms with Crippen LogP contribution in [0.15, 0.2) is 17.2 Å². The lowest BCUT2D eigenvalue weighted by Gasteiger charge is -2.30. The monoisotopic (exact) mass is 247 g/mol. The van der Waals surface area contributed by atoms with Gasteiger partial charge in [-0.1, -0.05) is 0 Å². The summed E-state index contributed by atoms with van der Waals surface area (Å²) in [7, 11) is 2.13. The van der Waals surface area contributed by atoms with E-state index in [0.717, 1.165) is 42.9 Å². The molecule has 1 N–H and O–H groups in total. The summed E-state index contributed by atoms with van der Waals surface area (Å²) in [6.07, 6.45) is 1.88. The van der Waals surface area contributed by atoms with Gasteiger partial charge in [0.1, 0.15) is 5.75 Å². The lowest BCUT2D eigenvalue weighted by molar-refractivity contribution is 0.159. The predicted molar refractivity (Wildman–Crippen MR) is 74.2 cm³/mol. The molecule has 0 aromatic heterocycles. The van der Waals surface area contributed by atoms with Crippen molar-refractivity contribution in [3.63, 3.8) is 0 Å². The van der Waals surface area contributed by atoms with E-state index in [1.165, 1.54) is 0 Å². The molecule has 2 rings (SSSR count). The van der Waals surface area contributed by atoms with Crippen molar-refractivity contribution in [3.05, 3.63) is 28.8 Å². The van der Waals surface area contributed by atoms with E-state index in [0.29, 0.717) is 5.75 Å². The van der Waals surface area contributed by atoms with Crippen molar-refractivity contribution >= 4 is 6.21 Å². The molecule has 0 radical (unpaired) electrons. The van der Waals surface area contributed by atoms with Crippen LogP contribution in [0.5, 0.6) is 5.75 Å².